The zero-order chi connectivity index (χ0) is 10.8. The highest BCUT2D eigenvalue weighted by atomic mass is 16.5. The minimum Gasteiger partial charge on any atom is -0.481 e. The van der Waals surface area contributed by atoms with E-state index in [0.717, 1.165) is 11.3 Å². The first-order valence-corrected chi connectivity index (χ1v) is 5.42. The number of ether oxygens (including phenoxy) is 1. The predicted molar refractivity (Wildman–Crippen MR) is 65.7 cm³/mol. The second kappa shape index (κ2) is 3.86. The van der Waals surface area contributed by atoms with E-state index in [4.69, 9.17) is 4.74 Å². The van der Waals surface area contributed by atoms with Crippen molar-refractivity contribution in [1.29, 1.82) is 0 Å². The number of fused-ring (bicyclic) bond motifs is 1. The molecule has 1 aliphatic carbocycles. The van der Waals surface area contributed by atoms with Gasteiger partial charge in [-0.05, 0) is 17.7 Å². The molecular formula is C15H12O. The largest absolute Gasteiger partial charge is 0.481 e. The Balaban J connectivity index is 1.95. The lowest BCUT2D eigenvalue weighted by Crippen LogP contribution is -2.15. The van der Waals surface area contributed by atoms with Crippen LogP contribution in [0.2, 0.25) is 0 Å². The van der Waals surface area contributed by atoms with Gasteiger partial charge in [0.15, 0.2) is 0 Å². The Labute approximate surface area is 95.1 Å². The van der Waals surface area contributed by atoms with Crippen LogP contribution in [0.25, 0.3) is 5.76 Å². The summed E-state index contributed by atoms with van der Waals surface area (Å²) in [5.41, 5.74) is 2.34. The maximum atomic E-state index is 5.93. The lowest BCUT2D eigenvalue weighted by molar-refractivity contribution is 0.243. The van der Waals surface area contributed by atoms with Crippen LogP contribution in [0, 0.1) is 0 Å². The van der Waals surface area contributed by atoms with Crippen LogP contribution in [0.5, 0.6) is 0 Å². The fourth-order valence-electron chi connectivity index (χ4n) is 1.91. The van der Waals surface area contributed by atoms with Crippen LogP contribution < -0.4 is 0 Å². The molecule has 1 heteroatoms. The van der Waals surface area contributed by atoms with E-state index in [1.807, 2.05) is 36.4 Å². The standard InChI is InChI=1S/C15H12O/c1-2-6-12(7-3-1)15-11-10-13-8-4-5-9-14(13)16-15/h1-11,14H. The van der Waals surface area contributed by atoms with E-state index >= 15 is 0 Å². The summed E-state index contributed by atoms with van der Waals surface area (Å²) in [6.07, 6.45) is 12.4. The molecule has 0 fully saturated rings. The van der Waals surface area contributed by atoms with Gasteiger partial charge in [-0.3, -0.25) is 0 Å². The van der Waals surface area contributed by atoms with E-state index in [1.54, 1.807) is 0 Å². The Bertz CT molecular complexity index is 503. The van der Waals surface area contributed by atoms with E-state index in [1.165, 1.54) is 5.57 Å². The quantitative estimate of drug-likeness (QED) is 0.686. The molecule has 0 aromatic heterocycles. The van der Waals surface area contributed by atoms with Crippen molar-refractivity contribution >= 4 is 5.76 Å². The molecule has 0 bridgehead atoms. The average molecular weight is 208 g/mol. The van der Waals surface area contributed by atoms with Gasteiger partial charge in [0, 0.05) is 5.56 Å². The molecule has 78 valence electrons. The molecule has 1 atom stereocenters. The summed E-state index contributed by atoms with van der Waals surface area (Å²) in [7, 11) is 0. The number of benzene rings is 1. The van der Waals surface area contributed by atoms with Crippen LogP contribution >= 0.6 is 0 Å². The molecule has 1 aromatic carbocycles. The molecule has 0 N–H and O–H groups in total. The Morgan fingerprint density at radius 2 is 1.81 bits per heavy atom. The molecule has 16 heavy (non-hydrogen) atoms. The van der Waals surface area contributed by atoms with Gasteiger partial charge in [-0.2, -0.15) is 0 Å². The summed E-state index contributed by atoms with van der Waals surface area (Å²) in [6, 6.07) is 10.2. The third kappa shape index (κ3) is 1.61. The van der Waals surface area contributed by atoms with E-state index in [-0.39, 0.29) is 6.10 Å². The molecule has 0 spiro atoms. The molecule has 0 saturated heterocycles. The topological polar surface area (TPSA) is 9.23 Å². The predicted octanol–water partition coefficient (Wildman–Crippen LogP) is 3.48. The SMILES string of the molecule is C1=CC2=CC=C(c3ccccc3)OC2C=C1. The van der Waals surface area contributed by atoms with Crippen molar-refractivity contribution in [2.75, 3.05) is 0 Å². The third-order valence-electron chi connectivity index (χ3n) is 2.75. The monoisotopic (exact) mass is 208 g/mol. The van der Waals surface area contributed by atoms with E-state index in [2.05, 4.69) is 30.4 Å². The van der Waals surface area contributed by atoms with E-state index in [0.29, 0.717) is 0 Å². The first kappa shape index (κ1) is 9.22. The van der Waals surface area contributed by atoms with Gasteiger partial charge in [-0.1, -0.05) is 54.6 Å². The summed E-state index contributed by atoms with van der Waals surface area (Å²) in [5, 5.41) is 0. The number of allylic oxidation sites excluding steroid dienone is 4. The minimum atomic E-state index is 0.0743. The summed E-state index contributed by atoms with van der Waals surface area (Å²) in [6.45, 7) is 0. The lowest BCUT2D eigenvalue weighted by atomic mass is 10.0. The van der Waals surface area contributed by atoms with Crippen LogP contribution in [0.3, 0.4) is 0 Å². The fraction of sp³-hybridized carbons (Fsp3) is 0.0667. The van der Waals surface area contributed by atoms with Gasteiger partial charge in [0.1, 0.15) is 11.9 Å². The zero-order valence-corrected chi connectivity index (χ0v) is 8.84. The number of rotatable bonds is 1. The number of hydrogen-bond donors (Lipinski definition) is 0. The van der Waals surface area contributed by atoms with Gasteiger partial charge >= 0.3 is 0 Å². The molecule has 1 heterocycles. The molecule has 1 nitrogen and oxygen atoms in total. The van der Waals surface area contributed by atoms with Crippen LogP contribution in [0.4, 0.5) is 0 Å². The highest BCUT2D eigenvalue weighted by Crippen LogP contribution is 2.28. The molecule has 1 unspecified atom stereocenters. The molecule has 0 amide bonds. The molecule has 2 aliphatic rings. The van der Waals surface area contributed by atoms with Crippen molar-refractivity contribution in [3.63, 3.8) is 0 Å². The van der Waals surface area contributed by atoms with Crippen molar-refractivity contribution in [3.8, 4) is 0 Å². The van der Waals surface area contributed by atoms with Crippen LogP contribution in [0.1, 0.15) is 5.56 Å². The second-order valence-corrected chi connectivity index (χ2v) is 3.85. The molecule has 1 aliphatic heterocycles. The molecule has 0 saturated carbocycles. The van der Waals surface area contributed by atoms with Gasteiger partial charge < -0.3 is 4.74 Å². The lowest BCUT2D eigenvalue weighted by Gasteiger charge is -2.24. The summed E-state index contributed by atoms with van der Waals surface area (Å²) >= 11 is 0. The first-order valence-electron chi connectivity index (χ1n) is 5.42. The van der Waals surface area contributed by atoms with Crippen LogP contribution in [0.15, 0.2) is 72.4 Å². The van der Waals surface area contributed by atoms with Gasteiger partial charge in [0.25, 0.3) is 0 Å². The Morgan fingerprint density at radius 1 is 0.938 bits per heavy atom. The van der Waals surface area contributed by atoms with Gasteiger partial charge in [-0.15, -0.1) is 0 Å². The molecular weight excluding hydrogens is 196 g/mol. The molecule has 1 aromatic rings. The highest BCUT2D eigenvalue weighted by Gasteiger charge is 2.18. The zero-order valence-electron chi connectivity index (χ0n) is 8.84. The number of hydrogen-bond acceptors (Lipinski definition) is 1. The van der Waals surface area contributed by atoms with E-state index in [9.17, 15) is 0 Å². The van der Waals surface area contributed by atoms with Crippen molar-refractivity contribution in [2.45, 2.75) is 6.10 Å². The van der Waals surface area contributed by atoms with Crippen molar-refractivity contribution in [1.82, 2.24) is 0 Å². The minimum absolute atomic E-state index is 0.0743. The van der Waals surface area contributed by atoms with Gasteiger partial charge in [0.05, 0.1) is 0 Å². The second-order valence-electron chi connectivity index (χ2n) is 3.85. The molecule has 3 rings (SSSR count). The maximum absolute atomic E-state index is 5.93. The smallest absolute Gasteiger partial charge is 0.142 e. The summed E-state index contributed by atoms with van der Waals surface area (Å²) < 4.78 is 5.93. The first-order chi connectivity index (χ1) is 7.93. The maximum Gasteiger partial charge on any atom is 0.142 e. The van der Waals surface area contributed by atoms with Crippen molar-refractivity contribution in [3.05, 3.63) is 77.9 Å². The molecule has 0 radical (unpaired) electrons. The fourth-order valence-corrected chi connectivity index (χ4v) is 1.91. The Hall–Kier alpha value is -2.02. The van der Waals surface area contributed by atoms with Crippen LogP contribution in [-0.2, 0) is 4.74 Å². The van der Waals surface area contributed by atoms with Gasteiger partial charge in [0.2, 0.25) is 0 Å². The van der Waals surface area contributed by atoms with Crippen LogP contribution in [-0.4, -0.2) is 6.10 Å². The Morgan fingerprint density at radius 3 is 2.69 bits per heavy atom. The third-order valence-corrected chi connectivity index (χ3v) is 2.75. The normalized spacial score (nSPS) is 21.9. The summed E-state index contributed by atoms with van der Waals surface area (Å²) in [5.74, 6) is 0.939. The van der Waals surface area contributed by atoms with Crippen molar-refractivity contribution < 1.29 is 4.74 Å². The van der Waals surface area contributed by atoms with E-state index < -0.39 is 0 Å². The Kier molecular flexibility index (Phi) is 2.22. The van der Waals surface area contributed by atoms with Crippen molar-refractivity contribution in [2.24, 2.45) is 0 Å². The van der Waals surface area contributed by atoms with Gasteiger partial charge in [-0.25, -0.2) is 0 Å². The summed E-state index contributed by atoms with van der Waals surface area (Å²) in [4.78, 5) is 0. The highest BCUT2D eigenvalue weighted by molar-refractivity contribution is 5.64. The average Bonchev–Trinajstić information content (AvgIpc) is 2.39.